The number of carbonyl (C=O) groups is 2. The Morgan fingerprint density at radius 3 is 2.20 bits per heavy atom. The Labute approximate surface area is 116 Å². The first-order chi connectivity index (χ1) is 9.63. The van der Waals surface area contributed by atoms with Gasteiger partial charge in [-0.3, -0.25) is 9.59 Å². The summed E-state index contributed by atoms with van der Waals surface area (Å²) in [4.78, 5) is 35.5. The molecule has 0 radical (unpaired) electrons. The van der Waals surface area contributed by atoms with Crippen LogP contribution in [0.25, 0.3) is 0 Å². The first-order valence-corrected chi connectivity index (χ1v) is 6.68. The lowest BCUT2D eigenvalue weighted by molar-refractivity contribution is -0.153. The number of carboxylic acids is 1. The van der Waals surface area contributed by atoms with E-state index in [0.717, 1.165) is 0 Å². The number of amides is 1. The summed E-state index contributed by atoms with van der Waals surface area (Å²) < 4.78 is 0. The third kappa shape index (κ3) is 2.09. The number of carboxylic acid groups (broad SMARTS) is 1. The van der Waals surface area contributed by atoms with Crippen LogP contribution in [0.2, 0.25) is 0 Å². The van der Waals surface area contributed by atoms with Crippen molar-refractivity contribution in [3.63, 3.8) is 0 Å². The van der Waals surface area contributed by atoms with Crippen LogP contribution < -0.4 is 4.90 Å². The number of anilines is 1. The summed E-state index contributed by atoms with van der Waals surface area (Å²) in [5, 5.41) is 9.16. The van der Waals surface area contributed by atoms with Crippen molar-refractivity contribution >= 4 is 17.8 Å². The largest absolute Gasteiger partial charge is 0.480 e. The summed E-state index contributed by atoms with van der Waals surface area (Å²) in [7, 11) is 0. The molecule has 1 aromatic rings. The molecule has 1 N–H and O–H groups in total. The SMILES string of the molecule is O=C(O)C1(C(=O)N2CCN(c3ncccn3)CC2)CC1. The fraction of sp³-hybridized carbons (Fsp3) is 0.538. The molecule has 1 saturated carbocycles. The van der Waals surface area contributed by atoms with Crippen LogP contribution in [-0.2, 0) is 9.59 Å². The van der Waals surface area contributed by atoms with Gasteiger partial charge in [0.05, 0.1) is 0 Å². The Hall–Kier alpha value is -2.18. The average molecular weight is 276 g/mol. The van der Waals surface area contributed by atoms with Gasteiger partial charge in [0, 0.05) is 38.6 Å². The predicted octanol–water partition coefficient (Wildman–Crippen LogP) is -0.0100. The highest BCUT2D eigenvalue weighted by atomic mass is 16.4. The van der Waals surface area contributed by atoms with Crippen molar-refractivity contribution in [3.05, 3.63) is 18.5 Å². The maximum Gasteiger partial charge on any atom is 0.319 e. The molecule has 0 aromatic carbocycles. The lowest BCUT2D eigenvalue weighted by Gasteiger charge is -2.35. The molecule has 1 aliphatic carbocycles. The standard InChI is InChI=1S/C13H16N4O3/c18-10(13(2-3-13)11(19)20)16-6-8-17(9-7-16)12-14-4-1-5-15-12/h1,4-5H,2-3,6-9H2,(H,19,20). The highest BCUT2D eigenvalue weighted by Gasteiger charge is 2.58. The van der Waals surface area contributed by atoms with Gasteiger partial charge in [0.2, 0.25) is 11.9 Å². The zero-order chi connectivity index (χ0) is 14.2. The molecule has 0 atom stereocenters. The minimum Gasteiger partial charge on any atom is -0.480 e. The summed E-state index contributed by atoms with van der Waals surface area (Å²) in [6, 6.07) is 1.76. The average Bonchev–Trinajstić information content (AvgIpc) is 3.29. The minimum atomic E-state index is -1.13. The lowest BCUT2D eigenvalue weighted by Crippen LogP contribution is -2.52. The molecule has 106 valence electrons. The van der Waals surface area contributed by atoms with Crippen molar-refractivity contribution in [2.24, 2.45) is 5.41 Å². The molecular formula is C13H16N4O3. The Bertz CT molecular complexity index is 522. The zero-order valence-corrected chi connectivity index (χ0v) is 11.0. The molecule has 0 unspecified atom stereocenters. The first kappa shape index (κ1) is 12.8. The second-order valence-electron chi connectivity index (χ2n) is 5.22. The fourth-order valence-electron chi connectivity index (χ4n) is 2.51. The molecule has 2 heterocycles. The summed E-state index contributed by atoms with van der Waals surface area (Å²) in [6.45, 7) is 2.30. The van der Waals surface area contributed by atoms with Crippen LogP contribution >= 0.6 is 0 Å². The summed E-state index contributed by atoms with van der Waals surface area (Å²) in [6.07, 6.45) is 4.29. The van der Waals surface area contributed by atoms with Crippen LogP contribution in [-0.4, -0.2) is 58.0 Å². The topological polar surface area (TPSA) is 86.6 Å². The molecule has 0 spiro atoms. The zero-order valence-electron chi connectivity index (χ0n) is 11.0. The second kappa shape index (κ2) is 4.73. The van der Waals surface area contributed by atoms with E-state index in [1.807, 2.05) is 4.90 Å². The van der Waals surface area contributed by atoms with Gasteiger partial charge in [0.25, 0.3) is 0 Å². The van der Waals surface area contributed by atoms with Gasteiger partial charge in [0.1, 0.15) is 5.41 Å². The molecule has 7 heteroatoms. The summed E-state index contributed by atoms with van der Waals surface area (Å²) >= 11 is 0. The molecule has 2 aliphatic rings. The molecule has 2 fully saturated rings. The van der Waals surface area contributed by atoms with Crippen LogP contribution in [0.1, 0.15) is 12.8 Å². The third-order valence-corrected chi connectivity index (χ3v) is 3.97. The molecule has 1 aliphatic heterocycles. The van der Waals surface area contributed by atoms with Crippen molar-refractivity contribution in [1.82, 2.24) is 14.9 Å². The Kier molecular flexibility index (Phi) is 3.04. The van der Waals surface area contributed by atoms with Gasteiger partial charge < -0.3 is 14.9 Å². The smallest absolute Gasteiger partial charge is 0.319 e. The van der Waals surface area contributed by atoms with Crippen molar-refractivity contribution in [2.75, 3.05) is 31.1 Å². The lowest BCUT2D eigenvalue weighted by atomic mass is 10.1. The van der Waals surface area contributed by atoms with Gasteiger partial charge >= 0.3 is 5.97 Å². The van der Waals surface area contributed by atoms with E-state index in [1.165, 1.54) is 0 Å². The van der Waals surface area contributed by atoms with Gasteiger partial charge in [0.15, 0.2) is 0 Å². The number of carbonyl (C=O) groups excluding carboxylic acids is 1. The van der Waals surface area contributed by atoms with Crippen LogP contribution in [0, 0.1) is 5.41 Å². The highest BCUT2D eigenvalue weighted by Crippen LogP contribution is 2.47. The van der Waals surface area contributed by atoms with Crippen LogP contribution in [0.15, 0.2) is 18.5 Å². The van der Waals surface area contributed by atoms with Gasteiger partial charge in [-0.15, -0.1) is 0 Å². The number of nitrogens with zero attached hydrogens (tertiary/aromatic N) is 4. The number of hydrogen-bond donors (Lipinski definition) is 1. The third-order valence-electron chi connectivity index (χ3n) is 3.97. The van der Waals surface area contributed by atoms with Crippen molar-refractivity contribution < 1.29 is 14.7 Å². The molecule has 20 heavy (non-hydrogen) atoms. The van der Waals surface area contributed by atoms with E-state index in [1.54, 1.807) is 23.4 Å². The molecule has 1 amide bonds. The van der Waals surface area contributed by atoms with Crippen LogP contribution in [0.5, 0.6) is 0 Å². The Morgan fingerprint density at radius 1 is 1.10 bits per heavy atom. The van der Waals surface area contributed by atoms with Gasteiger partial charge in [-0.05, 0) is 18.9 Å². The number of piperazine rings is 1. The Morgan fingerprint density at radius 2 is 1.70 bits per heavy atom. The van der Waals surface area contributed by atoms with Gasteiger partial charge in [-0.2, -0.15) is 0 Å². The number of aliphatic carboxylic acids is 1. The van der Waals surface area contributed by atoms with E-state index < -0.39 is 11.4 Å². The Balaban J connectivity index is 1.62. The van der Waals surface area contributed by atoms with Crippen molar-refractivity contribution in [3.8, 4) is 0 Å². The normalized spacial score (nSPS) is 20.6. The molecule has 0 bridgehead atoms. The number of rotatable bonds is 3. The molecule has 7 nitrogen and oxygen atoms in total. The second-order valence-corrected chi connectivity index (χ2v) is 5.22. The highest BCUT2D eigenvalue weighted by molar-refractivity contribution is 6.04. The minimum absolute atomic E-state index is 0.237. The van der Waals surface area contributed by atoms with Crippen molar-refractivity contribution in [1.29, 1.82) is 0 Å². The fourth-order valence-corrected chi connectivity index (χ4v) is 2.51. The molecule has 3 rings (SSSR count). The first-order valence-electron chi connectivity index (χ1n) is 6.68. The maximum atomic E-state index is 12.3. The van der Waals surface area contributed by atoms with Crippen LogP contribution in [0.4, 0.5) is 5.95 Å². The number of hydrogen-bond acceptors (Lipinski definition) is 5. The maximum absolute atomic E-state index is 12.3. The summed E-state index contributed by atoms with van der Waals surface area (Å²) in [5.41, 5.74) is -1.13. The molecule has 1 aromatic heterocycles. The molecule has 1 saturated heterocycles. The van der Waals surface area contributed by atoms with E-state index in [-0.39, 0.29) is 5.91 Å². The predicted molar refractivity (Wildman–Crippen MR) is 70.1 cm³/mol. The summed E-state index contributed by atoms with van der Waals surface area (Å²) in [5.74, 6) is -0.575. The van der Waals surface area contributed by atoms with E-state index >= 15 is 0 Å². The quantitative estimate of drug-likeness (QED) is 0.781. The van der Waals surface area contributed by atoms with E-state index in [4.69, 9.17) is 5.11 Å². The molecular weight excluding hydrogens is 260 g/mol. The number of aromatic nitrogens is 2. The van der Waals surface area contributed by atoms with E-state index in [2.05, 4.69) is 9.97 Å². The van der Waals surface area contributed by atoms with Crippen molar-refractivity contribution in [2.45, 2.75) is 12.8 Å². The van der Waals surface area contributed by atoms with Gasteiger partial charge in [-0.25, -0.2) is 9.97 Å². The monoisotopic (exact) mass is 276 g/mol. The van der Waals surface area contributed by atoms with Gasteiger partial charge in [-0.1, -0.05) is 0 Å². The van der Waals surface area contributed by atoms with E-state index in [9.17, 15) is 9.59 Å². The van der Waals surface area contributed by atoms with Crippen LogP contribution in [0.3, 0.4) is 0 Å². The van der Waals surface area contributed by atoms with E-state index in [0.29, 0.717) is 45.0 Å².